The topological polar surface area (TPSA) is 75.7 Å². The number of hydrogen-bond donors (Lipinski definition) is 2. The molecule has 2 N–H and O–H groups in total. The highest BCUT2D eigenvalue weighted by molar-refractivity contribution is 9.10. The maximum Gasteiger partial charge on any atom is 0.235 e. The maximum atomic E-state index is 13.3. The quantitative estimate of drug-likeness (QED) is 0.768. The molecule has 0 fully saturated rings. The van der Waals surface area contributed by atoms with Crippen LogP contribution in [0.5, 0.6) is 11.6 Å². The molecule has 0 unspecified atom stereocenters. The Hall–Kier alpha value is -2.22. The fourth-order valence-electron chi connectivity index (χ4n) is 1.66. The van der Waals surface area contributed by atoms with E-state index in [1.54, 1.807) is 19.3 Å². The highest BCUT2D eigenvalue weighted by atomic mass is 79.9. The van der Waals surface area contributed by atoms with Crippen LogP contribution in [-0.2, 0) is 0 Å². The summed E-state index contributed by atoms with van der Waals surface area (Å²) in [5.41, 5.74) is 0.534. The number of nitrogens with zero attached hydrogens (tertiary/aromatic N) is 3. The number of benzene rings is 1. The summed E-state index contributed by atoms with van der Waals surface area (Å²) in [4.78, 5) is 8.40. The molecule has 102 valence electrons. The Balaban J connectivity index is 2.09. The van der Waals surface area contributed by atoms with Crippen LogP contribution in [0.2, 0.25) is 0 Å². The molecule has 0 aliphatic carbocycles. The second kappa shape index (κ2) is 5.04. The molecule has 0 amide bonds. The van der Waals surface area contributed by atoms with Gasteiger partial charge < -0.3 is 10.1 Å². The zero-order valence-electron chi connectivity index (χ0n) is 10.3. The molecule has 0 atom stereocenters. The molecular formula is C12H9BrFN5O. The third-order valence-electron chi connectivity index (χ3n) is 2.60. The van der Waals surface area contributed by atoms with E-state index in [0.29, 0.717) is 33.1 Å². The summed E-state index contributed by atoms with van der Waals surface area (Å²) < 4.78 is 19.6. The summed E-state index contributed by atoms with van der Waals surface area (Å²) in [5, 5.41) is 10.1. The van der Waals surface area contributed by atoms with Gasteiger partial charge in [-0.1, -0.05) is 0 Å². The molecule has 0 saturated heterocycles. The molecule has 0 aliphatic heterocycles. The van der Waals surface area contributed by atoms with Gasteiger partial charge in [-0.25, -0.2) is 4.39 Å². The van der Waals surface area contributed by atoms with Gasteiger partial charge in [0.25, 0.3) is 0 Å². The lowest BCUT2D eigenvalue weighted by Crippen LogP contribution is -1.99. The fraction of sp³-hybridized carbons (Fsp3) is 0.0833. The minimum absolute atomic E-state index is 0.291. The maximum absolute atomic E-state index is 13.3. The van der Waals surface area contributed by atoms with E-state index in [1.807, 2.05) is 0 Å². The number of ether oxygens (including phenoxy) is 1. The van der Waals surface area contributed by atoms with Crippen molar-refractivity contribution in [3.63, 3.8) is 0 Å². The molecule has 0 radical (unpaired) electrons. The van der Waals surface area contributed by atoms with E-state index in [1.165, 1.54) is 12.1 Å². The number of nitrogens with one attached hydrogen (secondary N) is 2. The van der Waals surface area contributed by atoms with Crippen molar-refractivity contribution >= 4 is 32.9 Å². The molecule has 3 rings (SSSR count). The molecule has 6 nitrogen and oxygen atoms in total. The molecule has 8 heteroatoms. The summed E-state index contributed by atoms with van der Waals surface area (Å²) >= 11 is 3.30. The third kappa shape index (κ3) is 2.29. The minimum atomic E-state index is -0.394. The molecule has 0 spiro atoms. The van der Waals surface area contributed by atoms with Crippen LogP contribution in [0.3, 0.4) is 0 Å². The fourth-order valence-corrected chi connectivity index (χ4v) is 1.99. The average molecular weight is 338 g/mol. The molecule has 2 heterocycles. The molecule has 0 bridgehead atoms. The molecule has 20 heavy (non-hydrogen) atoms. The lowest BCUT2D eigenvalue weighted by molar-refractivity contribution is 0.461. The Morgan fingerprint density at radius 2 is 2.20 bits per heavy atom. The van der Waals surface area contributed by atoms with E-state index in [0.717, 1.165) is 0 Å². The first-order valence-electron chi connectivity index (χ1n) is 5.69. The predicted octanol–water partition coefficient (Wildman–Crippen LogP) is 3.09. The first kappa shape index (κ1) is 12.8. The van der Waals surface area contributed by atoms with Gasteiger partial charge in [0.2, 0.25) is 11.8 Å². The number of anilines is 1. The van der Waals surface area contributed by atoms with Gasteiger partial charge in [0.1, 0.15) is 17.0 Å². The van der Waals surface area contributed by atoms with Crippen LogP contribution in [0, 0.1) is 5.82 Å². The summed E-state index contributed by atoms with van der Waals surface area (Å²) in [6.45, 7) is 0. The Morgan fingerprint density at radius 1 is 1.35 bits per heavy atom. The van der Waals surface area contributed by atoms with Crippen LogP contribution in [0.4, 0.5) is 10.3 Å². The monoisotopic (exact) mass is 337 g/mol. The summed E-state index contributed by atoms with van der Waals surface area (Å²) in [7, 11) is 1.69. The highest BCUT2D eigenvalue weighted by Gasteiger charge is 2.13. The van der Waals surface area contributed by atoms with E-state index < -0.39 is 5.82 Å². The van der Waals surface area contributed by atoms with Gasteiger partial charge in [0.15, 0.2) is 5.65 Å². The van der Waals surface area contributed by atoms with Crippen molar-refractivity contribution in [2.75, 3.05) is 12.4 Å². The van der Waals surface area contributed by atoms with Crippen molar-refractivity contribution in [2.45, 2.75) is 0 Å². The lowest BCUT2D eigenvalue weighted by Gasteiger charge is -2.08. The van der Waals surface area contributed by atoms with E-state index in [-0.39, 0.29) is 0 Å². The van der Waals surface area contributed by atoms with Crippen LogP contribution in [0.15, 0.2) is 28.9 Å². The minimum Gasteiger partial charge on any atom is -0.437 e. The van der Waals surface area contributed by atoms with Crippen molar-refractivity contribution in [1.29, 1.82) is 0 Å². The second-order valence-electron chi connectivity index (χ2n) is 3.91. The highest BCUT2D eigenvalue weighted by Crippen LogP contribution is 2.32. The van der Waals surface area contributed by atoms with E-state index in [2.05, 4.69) is 41.4 Å². The zero-order valence-corrected chi connectivity index (χ0v) is 11.9. The Bertz CT molecular complexity index is 776. The summed E-state index contributed by atoms with van der Waals surface area (Å²) in [5.74, 6) is 0.603. The number of H-pyrrole nitrogens is 1. The normalized spacial score (nSPS) is 10.8. The largest absolute Gasteiger partial charge is 0.437 e. The van der Waals surface area contributed by atoms with E-state index in [9.17, 15) is 4.39 Å². The van der Waals surface area contributed by atoms with E-state index >= 15 is 0 Å². The molecule has 3 aromatic rings. The summed E-state index contributed by atoms with van der Waals surface area (Å²) in [6.07, 6.45) is 1.55. The number of halogens is 2. The second-order valence-corrected chi connectivity index (χ2v) is 4.77. The molecule has 1 aromatic carbocycles. The van der Waals surface area contributed by atoms with Gasteiger partial charge in [-0.3, -0.25) is 5.10 Å². The van der Waals surface area contributed by atoms with Gasteiger partial charge in [0, 0.05) is 13.1 Å². The van der Waals surface area contributed by atoms with Crippen LogP contribution in [0.1, 0.15) is 0 Å². The van der Waals surface area contributed by atoms with Crippen molar-refractivity contribution in [3.05, 3.63) is 34.7 Å². The molecule has 2 aromatic heterocycles. The summed E-state index contributed by atoms with van der Waals surface area (Å²) in [6, 6.07) is 4.18. The molecule has 0 aliphatic rings. The average Bonchev–Trinajstić information content (AvgIpc) is 2.91. The van der Waals surface area contributed by atoms with Gasteiger partial charge in [-0.15, -0.1) is 0 Å². The van der Waals surface area contributed by atoms with Gasteiger partial charge in [-0.05, 0) is 28.1 Å². The van der Waals surface area contributed by atoms with Crippen LogP contribution in [0.25, 0.3) is 11.0 Å². The number of hydrogen-bond acceptors (Lipinski definition) is 5. The molecule has 0 saturated carbocycles. The Labute approximate surface area is 121 Å². The third-order valence-corrected chi connectivity index (χ3v) is 3.25. The van der Waals surface area contributed by atoms with Gasteiger partial charge in [-0.2, -0.15) is 15.1 Å². The predicted molar refractivity (Wildman–Crippen MR) is 75.4 cm³/mol. The number of rotatable bonds is 3. The Morgan fingerprint density at radius 3 is 3.00 bits per heavy atom. The number of fused-ring (bicyclic) bond motifs is 1. The Kier molecular flexibility index (Phi) is 3.23. The number of aromatic amines is 1. The van der Waals surface area contributed by atoms with Gasteiger partial charge in [0.05, 0.1) is 10.7 Å². The van der Waals surface area contributed by atoms with Crippen LogP contribution >= 0.6 is 15.9 Å². The first-order valence-corrected chi connectivity index (χ1v) is 6.48. The van der Waals surface area contributed by atoms with Crippen molar-refractivity contribution in [1.82, 2.24) is 20.2 Å². The van der Waals surface area contributed by atoms with Gasteiger partial charge >= 0.3 is 0 Å². The van der Waals surface area contributed by atoms with Crippen molar-refractivity contribution in [2.24, 2.45) is 0 Å². The number of aromatic nitrogens is 4. The SMILES string of the molecule is CNc1nc(Oc2cc(F)ccc2Br)c2cn[nH]c2n1. The van der Waals surface area contributed by atoms with Crippen LogP contribution < -0.4 is 10.1 Å². The smallest absolute Gasteiger partial charge is 0.235 e. The van der Waals surface area contributed by atoms with Crippen molar-refractivity contribution in [3.8, 4) is 11.6 Å². The van der Waals surface area contributed by atoms with Crippen LogP contribution in [-0.4, -0.2) is 27.2 Å². The standard InChI is InChI=1S/C12H9BrFN5O/c1-15-12-17-10-7(5-16-19-10)11(18-12)20-9-4-6(14)2-3-8(9)13/h2-5H,1H3,(H2,15,16,17,18,19). The van der Waals surface area contributed by atoms with E-state index in [4.69, 9.17) is 4.74 Å². The zero-order chi connectivity index (χ0) is 14.1. The molecular weight excluding hydrogens is 329 g/mol. The lowest BCUT2D eigenvalue weighted by atomic mass is 10.3. The first-order chi connectivity index (χ1) is 9.67. The van der Waals surface area contributed by atoms with Crippen molar-refractivity contribution < 1.29 is 9.13 Å².